The molecule has 214 valence electrons. The lowest BCUT2D eigenvalue weighted by atomic mass is 9.87. The maximum absolute atomic E-state index is 10.1. The van der Waals surface area contributed by atoms with E-state index >= 15 is 0 Å². The minimum atomic E-state index is -0.149. The third-order valence-corrected chi connectivity index (χ3v) is 8.50. The number of fused-ring (bicyclic) bond motifs is 1. The van der Waals surface area contributed by atoms with Gasteiger partial charge in [-0.1, -0.05) is 80.1 Å². The predicted octanol–water partition coefficient (Wildman–Crippen LogP) is 7.17. The Morgan fingerprint density at radius 1 is 0.902 bits per heavy atom. The molecule has 1 aliphatic carbocycles. The number of aliphatic hydroxyl groups excluding tert-OH is 1. The summed E-state index contributed by atoms with van der Waals surface area (Å²) in [5.41, 5.74) is 5.74. The molecule has 4 aromatic rings. The lowest BCUT2D eigenvalue weighted by Crippen LogP contribution is -2.33. The maximum atomic E-state index is 10.1. The van der Waals surface area contributed by atoms with Crippen LogP contribution in [0.4, 0.5) is 0 Å². The number of rotatable bonds is 11. The van der Waals surface area contributed by atoms with Crippen molar-refractivity contribution >= 4 is 0 Å². The quantitative estimate of drug-likeness (QED) is 0.207. The summed E-state index contributed by atoms with van der Waals surface area (Å²) in [5, 5.41) is 14.1. The molecule has 0 saturated heterocycles. The zero-order valence-electron chi connectivity index (χ0n) is 24.0. The van der Waals surface area contributed by atoms with Gasteiger partial charge < -0.3 is 24.5 Å². The van der Waals surface area contributed by atoms with Crippen molar-refractivity contribution in [3.05, 3.63) is 90.1 Å². The van der Waals surface area contributed by atoms with Crippen LogP contribution < -0.4 is 14.8 Å². The maximum Gasteiger partial charge on any atom is 0.231 e. The van der Waals surface area contributed by atoms with E-state index in [1.54, 1.807) is 0 Å². The van der Waals surface area contributed by atoms with Crippen molar-refractivity contribution in [1.29, 1.82) is 0 Å². The molecule has 1 fully saturated rings. The van der Waals surface area contributed by atoms with Crippen LogP contribution in [0.3, 0.4) is 0 Å². The zero-order chi connectivity index (χ0) is 28.0. The summed E-state index contributed by atoms with van der Waals surface area (Å²) in [6, 6.07) is 27.5. The van der Waals surface area contributed by atoms with Gasteiger partial charge in [0.2, 0.25) is 6.79 Å². The largest absolute Gasteiger partial charge is 0.454 e. The average molecular weight is 552 g/mol. The first-order valence-corrected chi connectivity index (χ1v) is 15.2. The Morgan fingerprint density at radius 2 is 1.61 bits per heavy atom. The summed E-state index contributed by atoms with van der Waals surface area (Å²) in [7, 11) is 0. The fourth-order valence-electron chi connectivity index (χ4n) is 6.20. The summed E-state index contributed by atoms with van der Waals surface area (Å²) in [6.45, 7) is 4.34. The average Bonchev–Trinajstić information content (AvgIpc) is 3.64. The van der Waals surface area contributed by atoms with Crippen LogP contribution in [0.25, 0.3) is 22.6 Å². The van der Waals surface area contributed by atoms with Gasteiger partial charge >= 0.3 is 0 Å². The van der Waals surface area contributed by atoms with Gasteiger partial charge in [0, 0.05) is 17.7 Å². The van der Waals surface area contributed by atoms with E-state index in [1.165, 1.54) is 11.3 Å². The number of aromatic nitrogens is 2. The highest BCUT2D eigenvalue weighted by Gasteiger charge is 2.28. The molecule has 6 heteroatoms. The number of unbranched alkanes of at least 4 members (excludes halogenated alkanes) is 1. The van der Waals surface area contributed by atoms with Crippen LogP contribution >= 0.6 is 0 Å². The van der Waals surface area contributed by atoms with E-state index in [2.05, 4.69) is 89.6 Å². The third-order valence-electron chi connectivity index (χ3n) is 8.50. The van der Waals surface area contributed by atoms with Gasteiger partial charge in [-0.3, -0.25) is 0 Å². The van der Waals surface area contributed by atoms with Crippen LogP contribution in [0, 0.1) is 5.92 Å². The highest BCUT2D eigenvalue weighted by molar-refractivity contribution is 5.69. The highest BCUT2D eigenvalue weighted by atomic mass is 16.7. The van der Waals surface area contributed by atoms with Gasteiger partial charge in [-0.2, -0.15) is 0 Å². The molecule has 6 rings (SSSR count). The van der Waals surface area contributed by atoms with Crippen LogP contribution in [0.2, 0.25) is 0 Å². The van der Waals surface area contributed by atoms with Gasteiger partial charge in [0.05, 0.1) is 23.5 Å². The van der Waals surface area contributed by atoms with E-state index < -0.39 is 0 Å². The SMILES string of the molecule is CCCCn1c(-c2ccccc2)nc(-c2ccccc2)c1C(Cc1ccc2c(c1)OCO2)NCC1CCC(O)CC1. The van der Waals surface area contributed by atoms with E-state index in [4.69, 9.17) is 14.5 Å². The minimum absolute atomic E-state index is 0.0410. The van der Waals surface area contributed by atoms with Crippen molar-refractivity contribution in [3.63, 3.8) is 0 Å². The molecule has 6 nitrogen and oxygen atoms in total. The smallest absolute Gasteiger partial charge is 0.231 e. The molecular formula is C35H41N3O3. The number of imidazole rings is 1. The molecule has 1 aliphatic heterocycles. The topological polar surface area (TPSA) is 68.5 Å². The number of nitrogens with one attached hydrogen (secondary N) is 1. The summed E-state index contributed by atoms with van der Waals surface area (Å²) in [6.07, 6.45) is 6.73. The summed E-state index contributed by atoms with van der Waals surface area (Å²) < 4.78 is 13.8. The van der Waals surface area contributed by atoms with Crippen molar-refractivity contribution in [3.8, 4) is 34.1 Å². The summed E-state index contributed by atoms with van der Waals surface area (Å²) >= 11 is 0. The van der Waals surface area contributed by atoms with Gasteiger partial charge in [-0.25, -0.2) is 4.98 Å². The second-order valence-electron chi connectivity index (χ2n) is 11.4. The normalized spacial score (nSPS) is 18.9. The molecule has 41 heavy (non-hydrogen) atoms. The molecule has 2 heterocycles. The minimum Gasteiger partial charge on any atom is -0.454 e. The fourth-order valence-corrected chi connectivity index (χ4v) is 6.20. The molecule has 1 unspecified atom stereocenters. The van der Waals surface area contributed by atoms with Gasteiger partial charge in [0.1, 0.15) is 5.82 Å². The Hall–Kier alpha value is -3.61. The van der Waals surface area contributed by atoms with Crippen LogP contribution in [0.15, 0.2) is 78.9 Å². The molecule has 1 saturated carbocycles. The number of nitrogens with zero attached hydrogens (tertiary/aromatic N) is 2. The Morgan fingerprint density at radius 3 is 2.34 bits per heavy atom. The number of ether oxygens (including phenoxy) is 2. The predicted molar refractivity (Wildman–Crippen MR) is 163 cm³/mol. The van der Waals surface area contributed by atoms with Crippen LogP contribution in [-0.2, 0) is 13.0 Å². The first kappa shape index (κ1) is 27.6. The molecule has 0 amide bonds. The number of benzene rings is 3. The molecule has 0 spiro atoms. The van der Waals surface area contributed by atoms with Crippen molar-refractivity contribution in [2.45, 2.75) is 70.6 Å². The Balaban J connectivity index is 1.44. The van der Waals surface area contributed by atoms with Gasteiger partial charge in [0.15, 0.2) is 11.5 Å². The van der Waals surface area contributed by atoms with Crippen molar-refractivity contribution < 1.29 is 14.6 Å². The molecule has 2 N–H and O–H groups in total. The standard InChI is InChI=1S/C35H41N3O3/c1-2-3-20-38-34(33(27-10-6-4-7-11-27)37-35(38)28-12-8-5-9-13-28)30(36-23-25-14-17-29(39)18-15-25)21-26-16-19-31-32(22-26)41-24-40-31/h4-13,16,19,22,25,29-30,36,39H,2-3,14-15,17-18,20-21,23-24H2,1H3. The second-order valence-corrected chi connectivity index (χ2v) is 11.4. The van der Waals surface area contributed by atoms with E-state index in [1.807, 2.05) is 6.07 Å². The fraction of sp³-hybridized carbons (Fsp3) is 0.400. The molecule has 1 aromatic heterocycles. The lowest BCUT2D eigenvalue weighted by molar-refractivity contribution is 0.107. The molecule has 2 aliphatic rings. The van der Waals surface area contributed by atoms with Crippen LogP contribution in [0.1, 0.15) is 62.7 Å². The molecule has 1 atom stereocenters. The Labute approximate surface area is 243 Å². The third kappa shape index (κ3) is 6.34. The molecule has 3 aromatic carbocycles. The zero-order valence-corrected chi connectivity index (χ0v) is 24.0. The molecule has 0 radical (unpaired) electrons. The van der Waals surface area contributed by atoms with E-state index in [9.17, 15) is 5.11 Å². The van der Waals surface area contributed by atoms with Crippen molar-refractivity contribution in [1.82, 2.24) is 14.9 Å². The van der Waals surface area contributed by atoms with E-state index in [-0.39, 0.29) is 18.9 Å². The summed E-state index contributed by atoms with van der Waals surface area (Å²) in [4.78, 5) is 5.37. The van der Waals surface area contributed by atoms with Gasteiger partial charge in [-0.15, -0.1) is 0 Å². The molecular weight excluding hydrogens is 510 g/mol. The van der Waals surface area contributed by atoms with E-state index in [0.717, 1.165) is 92.2 Å². The van der Waals surface area contributed by atoms with Gasteiger partial charge in [0.25, 0.3) is 0 Å². The highest BCUT2D eigenvalue weighted by Crippen LogP contribution is 2.38. The first-order valence-electron chi connectivity index (χ1n) is 15.2. The first-order chi connectivity index (χ1) is 20.2. The number of hydrogen-bond acceptors (Lipinski definition) is 5. The Kier molecular flexibility index (Phi) is 8.68. The van der Waals surface area contributed by atoms with Crippen LogP contribution in [0.5, 0.6) is 11.5 Å². The van der Waals surface area contributed by atoms with Crippen molar-refractivity contribution in [2.75, 3.05) is 13.3 Å². The van der Waals surface area contributed by atoms with Gasteiger partial charge in [-0.05, 0) is 68.7 Å². The van der Waals surface area contributed by atoms with Crippen LogP contribution in [-0.4, -0.2) is 34.1 Å². The van der Waals surface area contributed by atoms with E-state index in [0.29, 0.717) is 5.92 Å². The summed E-state index contributed by atoms with van der Waals surface area (Å²) in [5.74, 6) is 3.20. The number of hydrogen-bond donors (Lipinski definition) is 2. The second kappa shape index (κ2) is 12.9. The lowest BCUT2D eigenvalue weighted by Gasteiger charge is -2.29. The molecule has 0 bridgehead atoms. The number of aliphatic hydroxyl groups is 1. The van der Waals surface area contributed by atoms with Crippen molar-refractivity contribution in [2.24, 2.45) is 5.92 Å². The monoisotopic (exact) mass is 551 g/mol. The Bertz CT molecular complexity index is 1410.